The number of aldehydes is 1. The summed E-state index contributed by atoms with van der Waals surface area (Å²) in [6.07, 6.45) is 0.448. The Labute approximate surface area is 91.1 Å². The van der Waals surface area contributed by atoms with Crippen LogP contribution in [0.1, 0.15) is 16.1 Å². The van der Waals surface area contributed by atoms with Crippen LogP contribution in [0.3, 0.4) is 0 Å². The first-order chi connectivity index (χ1) is 7.66. The molecule has 16 heavy (non-hydrogen) atoms. The zero-order valence-corrected chi connectivity index (χ0v) is 8.62. The van der Waals surface area contributed by atoms with Crippen LogP contribution in [0.2, 0.25) is 0 Å². The van der Waals surface area contributed by atoms with E-state index in [0.29, 0.717) is 16.8 Å². The topological polar surface area (TPSA) is 64.2 Å². The molecule has 0 saturated heterocycles. The van der Waals surface area contributed by atoms with Gasteiger partial charge in [-0.3, -0.25) is 9.59 Å². The van der Waals surface area contributed by atoms with Crippen LogP contribution in [0.25, 0.3) is 5.69 Å². The molecule has 0 fully saturated rings. The van der Waals surface area contributed by atoms with Gasteiger partial charge in [0.2, 0.25) is 0 Å². The van der Waals surface area contributed by atoms with Crippen LogP contribution in [-0.4, -0.2) is 21.0 Å². The minimum Gasteiger partial charge on any atom is -0.412 e. The molecule has 0 atom stereocenters. The van der Waals surface area contributed by atoms with Crippen LogP contribution in [0.4, 0.5) is 0 Å². The normalized spacial score (nSPS) is 10.3. The molecule has 0 radical (unpaired) electrons. The molecule has 5 nitrogen and oxygen atoms in total. The summed E-state index contributed by atoms with van der Waals surface area (Å²) in [5.74, 6) is 0. The maximum Gasteiger partial charge on any atom is 0.285 e. The molecule has 0 aliphatic carbocycles. The number of para-hydroxylation sites is 1. The van der Waals surface area contributed by atoms with Gasteiger partial charge in [-0.15, -0.1) is 4.85 Å². The number of carbonyl (C=O) groups excluding carboxylic acids is 1. The highest BCUT2D eigenvalue weighted by Gasteiger charge is 2.16. The van der Waals surface area contributed by atoms with Crippen molar-refractivity contribution in [3.8, 4) is 5.69 Å². The van der Waals surface area contributed by atoms with E-state index in [0.717, 1.165) is 4.68 Å². The van der Waals surface area contributed by atoms with Crippen molar-refractivity contribution in [2.24, 2.45) is 0 Å². The summed E-state index contributed by atoms with van der Waals surface area (Å²) in [5.41, 5.74) is 0.169. The van der Waals surface area contributed by atoms with Gasteiger partial charge in [-0.1, -0.05) is 18.2 Å². The first-order valence-corrected chi connectivity index (χ1v) is 4.71. The molecular weight excluding hydrogens is 208 g/mol. The van der Waals surface area contributed by atoms with Crippen molar-refractivity contribution >= 4 is 6.29 Å². The van der Waals surface area contributed by atoms with E-state index in [1.807, 2.05) is 0 Å². The second-order valence-electron chi connectivity index (χ2n) is 3.36. The number of carbonyl (C=O) groups is 1. The van der Waals surface area contributed by atoms with Crippen molar-refractivity contribution in [1.29, 1.82) is 0 Å². The van der Waals surface area contributed by atoms with Crippen LogP contribution >= 0.6 is 0 Å². The molecule has 0 aliphatic heterocycles. The Bertz CT molecular complexity index is 581. The highest BCUT2D eigenvalue weighted by molar-refractivity contribution is 5.76. The number of aromatic nitrogens is 2. The summed E-state index contributed by atoms with van der Waals surface area (Å²) in [5, 5.41) is 9.70. The van der Waals surface area contributed by atoms with Gasteiger partial charge in [0.05, 0.1) is 11.4 Å². The Morgan fingerprint density at radius 1 is 1.25 bits per heavy atom. The Kier molecular flexibility index (Phi) is 2.36. The van der Waals surface area contributed by atoms with Crippen LogP contribution in [-0.2, 0) is 0 Å². The van der Waals surface area contributed by atoms with Gasteiger partial charge in [0.1, 0.15) is 5.56 Å². The van der Waals surface area contributed by atoms with E-state index in [9.17, 15) is 14.8 Å². The second-order valence-corrected chi connectivity index (χ2v) is 3.36. The second kappa shape index (κ2) is 3.69. The van der Waals surface area contributed by atoms with E-state index in [2.05, 4.69) is 0 Å². The third-order valence-corrected chi connectivity index (χ3v) is 2.42. The molecule has 1 N–H and O–H groups in total. The number of hydrogen-bond acceptors (Lipinski definition) is 3. The SMILES string of the molecule is Cc1c(C=O)c(=O)n(-c2ccccc2)n1O. The molecule has 5 heteroatoms. The van der Waals surface area contributed by atoms with Gasteiger partial charge < -0.3 is 5.21 Å². The smallest absolute Gasteiger partial charge is 0.285 e. The molecule has 1 aromatic carbocycles. The summed E-state index contributed by atoms with van der Waals surface area (Å²) in [7, 11) is 0. The van der Waals surface area contributed by atoms with Crippen molar-refractivity contribution in [3.05, 3.63) is 51.9 Å². The minimum absolute atomic E-state index is 0.0358. The molecule has 82 valence electrons. The lowest BCUT2D eigenvalue weighted by Crippen LogP contribution is -2.21. The number of nitrogens with zero attached hydrogens (tertiary/aromatic N) is 2. The van der Waals surface area contributed by atoms with Crippen molar-refractivity contribution in [2.75, 3.05) is 0 Å². The average Bonchev–Trinajstić information content (AvgIpc) is 2.51. The van der Waals surface area contributed by atoms with Gasteiger partial charge in [-0.25, -0.2) is 0 Å². The molecule has 0 spiro atoms. The zero-order valence-electron chi connectivity index (χ0n) is 8.62. The third kappa shape index (κ3) is 1.33. The monoisotopic (exact) mass is 218 g/mol. The molecule has 1 aromatic heterocycles. The predicted molar refractivity (Wildman–Crippen MR) is 57.3 cm³/mol. The Balaban J connectivity index is 2.77. The van der Waals surface area contributed by atoms with E-state index in [1.54, 1.807) is 30.3 Å². The predicted octanol–water partition coefficient (Wildman–Crippen LogP) is 0.997. The van der Waals surface area contributed by atoms with Crippen LogP contribution in [0.15, 0.2) is 35.1 Å². The highest BCUT2D eigenvalue weighted by atomic mass is 16.5. The standard InChI is InChI=1S/C11H10N2O3/c1-8-10(7-14)11(15)12(13(8)16)9-5-3-2-4-6-9/h2-7,16H,1H3. The molecule has 2 aromatic rings. The third-order valence-electron chi connectivity index (χ3n) is 2.42. The van der Waals surface area contributed by atoms with Gasteiger partial charge in [-0.2, -0.15) is 4.68 Å². The number of rotatable bonds is 2. The summed E-state index contributed by atoms with van der Waals surface area (Å²) in [4.78, 5) is 23.2. The van der Waals surface area contributed by atoms with Crippen LogP contribution in [0, 0.1) is 6.92 Å². The van der Waals surface area contributed by atoms with Gasteiger partial charge >= 0.3 is 0 Å². The van der Waals surface area contributed by atoms with Crippen molar-refractivity contribution in [1.82, 2.24) is 9.53 Å². The largest absolute Gasteiger partial charge is 0.412 e. The van der Waals surface area contributed by atoms with Gasteiger partial charge in [0.15, 0.2) is 6.29 Å². The highest BCUT2D eigenvalue weighted by Crippen LogP contribution is 2.07. The first kappa shape index (κ1) is 10.2. The average molecular weight is 218 g/mol. The zero-order chi connectivity index (χ0) is 11.7. The number of hydrogen-bond donors (Lipinski definition) is 1. The summed E-state index contributed by atoms with van der Waals surface area (Å²) in [6.45, 7) is 1.50. The lowest BCUT2D eigenvalue weighted by atomic mass is 10.3. The molecule has 0 unspecified atom stereocenters. The Morgan fingerprint density at radius 2 is 1.88 bits per heavy atom. The lowest BCUT2D eigenvalue weighted by molar-refractivity contribution is 0.111. The van der Waals surface area contributed by atoms with E-state index in [4.69, 9.17) is 0 Å². The van der Waals surface area contributed by atoms with Gasteiger partial charge in [0.25, 0.3) is 5.56 Å². The van der Waals surface area contributed by atoms with Gasteiger partial charge in [-0.05, 0) is 19.1 Å². The fraction of sp³-hybridized carbons (Fsp3) is 0.0909. The Hall–Kier alpha value is -2.30. The van der Waals surface area contributed by atoms with E-state index < -0.39 is 5.56 Å². The first-order valence-electron chi connectivity index (χ1n) is 4.71. The molecular formula is C11H10N2O3. The van der Waals surface area contributed by atoms with Crippen molar-refractivity contribution in [3.63, 3.8) is 0 Å². The quantitative estimate of drug-likeness (QED) is 0.604. The van der Waals surface area contributed by atoms with E-state index in [1.165, 1.54) is 6.92 Å². The van der Waals surface area contributed by atoms with Gasteiger partial charge in [0, 0.05) is 0 Å². The van der Waals surface area contributed by atoms with Crippen LogP contribution in [0.5, 0.6) is 0 Å². The summed E-state index contributed by atoms with van der Waals surface area (Å²) in [6, 6.07) is 8.62. The summed E-state index contributed by atoms with van der Waals surface area (Å²) >= 11 is 0. The fourth-order valence-electron chi connectivity index (χ4n) is 1.54. The molecule has 0 aliphatic rings. The molecule has 0 bridgehead atoms. The van der Waals surface area contributed by atoms with Crippen LogP contribution < -0.4 is 5.56 Å². The summed E-state index contributed by atoms with van der Waals surface area (Å²) < 4.78 is 1.04. The molecule has 2 rings (SSSR count). The minimum atomic E-state index is -0.527. The molecule has 0 amide bonds. The van der Waals surface area contributed by atoms with Crippen molar-refractivity contribution in [2.45, 2.75) is 6.92 Å². The fourth-order valence-corrected chi connectivity index (χ4v) is 1.54. The maximum absolute atomic E-state index is 11.8. The van der Waals surface area contributed by atoms with Crippen molar-refractivity contribution < 1.29 is 10.0 Å². The Morgan fingerprint density at radius 3 is 2.38 bits per heavy atom. The number of benzene rings is 1. The maximum atomic E-state index is 11.8. The molecule has 0 saturated carbocycles. The molecule has 1 heterocycles. The van der Waals surface area contributed by atoms with E-state index in [-0.39, 0.29) is 11.3 Å². The lowest BCUT2D eigenvalue weighted by Gasteiger charge is -2.05. The van der Waals surface area contributed by atoms with E-state index >= 15 is 0 Å².